The first kappa shape index (κ1) is 20.3. The van der Waals surface area contributed by atoms with Crippen molar-refractivity contribution in [2.45, 2.75) is 5.75 Å². The van der Waals surface area contributed by atoms with Gasteiger partial charge < -0.3 is 15.0 Å². The number of hydrogen-bond donors (Lipinski definition) is 1. The largest absolute Gasteiger partial charge is 0.378 e. The third-order valence-electron chi connectivity index (χ3n) is 4.35. The van der Waals surface area contributed by atoms with Gasteiger partial charge in [0.25, 0.3) is 5.91 Å². The second kappa shape index (κ2) is 10.2. The van der Waals surface area contributed by atoms with Gasteiger partial charge in [0.15, 0.2) is 0 Å². The number of anilines is 1. The van der Waals surface area contributed by atoms with E-state index < -0.39 is 0 Å². The van der Waals surface area contributed by atoms with Crippen molar-refractivity contribution in [3.63, 3.8) is 0 Å². The molecular formula is C20H22Cl2N2O2S. The third kappa shape index (κ3) is 5.79. The molecule has 1 saturated heterocycles. The molecule has 1 aliphatic heterocycles. The number of nitrogens with one attached hydrogen (secondary N) is 1. The Morgan fingerprint density at radius 2 is 1.74 bits per heavy atom. The van der Waals surface area contributed by atoms with E-state index >= 15 is 0 Å². The van der Waals surface area contributed by atoms with Crippen molar-refractivity contribution in [1.82, 2.24) is 5.32 Å². The maximum absolute atomic E-state index is 12.3. The first-order chi connectivity index (χ1) is 13.1. The number of carbonyl (C=O) groups is 1. The Morgan fingerprint density at radius 1 is 1.07 bits per heavy atom. The summed E-state index contributed by atoms with van der Waals surface area (Å²) in [5, 5.41) is 4.31. The molecule has 0 atom stereocenters. The highest BCUT2D eigenvalue weighted by Gasteiger charge is 2.12. The van der Waals surface area contributed by atoms with Gasteiger partial charge in [-0.05, 0) is 42.0 Å². The molecule has 0 saturated carbocycles. The van der Waals surface area contributed by atoms with E-state index in [0.717, 1.165) is 49.1 Å². The van der Waals surface area contributed by atoms with Crippen molar-refractivity contribution in [3.8, 4) is 0 Å². The van der Waals surface area contributed by atoms with Gasteiger partial charge in [-0.1, -0.05) is 29.3 Å². The van der Waals surface area contributed by atoms with Gasteiger partial charge in [0.2, 0.25) is 0 Å². The van der Waals surface area contributed by atoms with Gasteiger partial charge in [0, 0.05) is 52.4 Å². The van der Waals surface area contributed by atoms with E-state index in [1.807, 2.05) is 42.5 Å². The molecular weight excluding hydrogens is 403 g/mol. The molecule has 0 aliphatic carbocycles. The molecule has 1 fully saturated rings. The number of benzene rings is 2. The summed E-state index contributed by atoms with van der Waals surface area (Å²) in [5.41, 5.74) is 2.74. The maximum Gasteiger partial charge on any atom is 0.251 e. The van der Waals surface area contributed by atoms with Crippen LogP contribution in [0.3, 0.4) is 0 Å². The number of morpholine rings is 1. The second-order valence-electron chi connectivity index (χ2n) is 6.15. The van der Waals surface area contributed by atoms with Crippen molar-refractivity contribution >= 4 is 46.6 Å². The molecule has 1 amide bonds. The van der Waals surface area contributed by atoms with Crippen LogP contribution in [0.25, 0.3) is 0 Å². The minimum absolute atomic E-state index is 0.0556. The topological polar surface area (TPSA) is 41.6 Å². The predicted molar refractivity (Wildman–Crippen MR) is 114 cm³/mol. The van der Waals surface area contributed by atoms with Crippen LogP contribution in [-0.4, -0.2) is 44.5 Å². The van der Waals surface area contributed by atoms with E-state index in [1.54, 1.807) is 11.8 Å². The van der Waals surface area contributed by atoms with Gasteiger partial charge in [-0.3, -0.25) is 4.79 Å². The van der Waals surface area contributed by atoms with Crippen LogP contribution >= 0.6 is 35.0 Å². The summed E-state index contributed by atoms with van der Waals surface area (Å²) in [6, 6.07) is 13.2. The molecule has 7 heteroatoms. The van der Waals surface area contributed by atoms with E-state index in [2.05, 4.69) is 10.2 Å². The lowest BCUT2D eigenvalue weighted by atomic mass is 10.1. The first-order valence-corrected chi connectivity index (χ1v) is 10.8. The number of rotatable bonds is 7. The molecule has 0 bridgehead atoms. The van der Waals surface area contributed by atoms with Crippen LogP contribution in [0.15, 0.2) is 42.5 Å². The molecule has 1 heterocycles. The van der Waals surface area contributed by atoms with Crippen LogP contribution in [0.1, 0.15) is 15.9 Å². The molecule has 2 aromatic carbocycles. The Bertz CT molecular complexity index is 745. The zero-order valence-corrected chi connectivity index (χ0v) is 17.2. The Hall–Kier alpha value is -1.40. The van der Waals surface area contributed by atoms with Crippen LogP contribution in [0, 0.1) is 0 Å². The Balaban J connectivity index is 1.41. The lowest BCUT2D eigenvalue weighted by Gasteiger charge is -2.28. The summed E-state index contributed by atoms with van der Waals surface area (Å²) < 4.78 is 5.37. The maximum atomic E-state index is 12.3. The SMILES string of the molecule is O=C(NCCSCc1c(Cl)cccc1Cl)c1ccc(N2CCOCC2)cc1. The number of halogens is 2. The normalized spacial score (nSPS) is 14.2. The molecule has 1 aliphatic rings. The molecule has 144 valence electrons. The lowest BCUT2D eigenvalue weighted by Crippen LogP contribution is -2.36. The number of carbonyl (C=O) groups excluding carboxylic acids is 1. The van der Waals surface area contributed by atoms with Gasteiger partial charge >= 0.3 is 0 Å². The van der Waals surface area contributed by atoms with E-state index in [0.29, 0.717) is 22.2 Å². The van der Waals surface area contributed by atoms with Crippen molar-refractivity contribution < 1.29 is 9.53 Å². The summed E-state index contributed by atoms with van der Waals surface area (Å²) in [5.74, 6) is 1.46. The minimum atomic E-state index is -0.0556. The molecule has 0 unspecified atom stereocenters. The summed E-state index contributed by atoms with van der Waals surface area (Å²) in [7, 11) is 0. The van der Waals surface area contributed by atoms with Gasteiger partial charge in [-0.25, -0.2) is 0 Å². The number of thioether (sulfide) groups is 1. The fourth-order valence-electron chi connectivity index (χ4n) is 2.83. The molecule has 0 radical (unpaired) electrons. The van der Waals surface area contributed by atoms with E-state index in [4.69, 9.17) is 27.9 Å². The Labute approximate surface area is 174 Å². The zero-order chi connectivity index (χ0) is 19.1. The van der Waals surface area contributed by atoms with Crippen LogP contribution in [0.2, 0.25) is 10.0 Å². The van der Waals surface area contributed by atoms with Crippen LogP contribution in [0.5, 0.6) is 0 Å². The van der Waals surface area contributed by atoms with E-state index in [9.17, 15) is 4.79 Å². The molecule has 1 N–H and O–H groups in total. The Morgan fingerprint density at radius 3 is 2.41 bits per heavy atom. The van der Waals surface area contributed by atoms with Gasteiger partial charge in [-0.15, -0.1) is 0 Å². The van der Waals surface area contributed by atoms with Crippen LogP contribution in [0.4, 0.5) is 5.69 Å². The molecule has 2 aromatic rings. The van der Waals surface area contributed by atoms with Crippen LogP contribution in [-0.2, 0) is 10.5 Å². The summed E-state index contributed by atoms with van der Waals surface area (Å²) in [6.45, 7) is 3.87. The van der Waals surface area contributed by atoms with Gasteiger partial charge in [0.1, 0.15) is 0 Å². The Kier molecular flexibility index (Phi) is 7.70. The molecule has 27 heavy (non-hydrogen) atoms. The standard InChI is InChI=1S/C20H22Cl2N2O2S/c21-18-2-1-3-19(22)17(18)14-27-13-8-23-20(25)15-4-6-16(7-5-15)24-9-11-26-12-10-24/h1-7H,8-14H2,(H,23,25). The summed E-state index contributed by atoms with van der Waals surface area (Å²) in [4.78, 5) is 14.5. The number of ether oxygens (including phenoxy) is 1. The number of amides is 1. The van der Waals surface area contributed by atoms with Crippen molar-refractivity contribution in [3.05, 3.63) is 63.6 Å². The van der Waals surface area contributed by atoms with Gasteiger partial charge in [-0.2, -0.15) is 11.8 Å². The fourth-order valence-corrected chi connectivity index (χ4v) is 4.42. The fraction of sp³-hybridized carbons (Fsp3) is 0.350. The monoisotopic (exact) mass is 424 g/mol. The van der Waals surface area contributed by atoms with E-state index in [-0.39, 0.29) is 5.91 Å². The van der Waals surface area contributed by atoms with Crippen LogP contribution < -0.4 is 10.2 Å². The predicted octanol–water partition coefficient (Wildman–Crippen LogP) is 4.49. The smallest absolute Gasteiger partial charge is 0.251 e. The lowest BCUT2D eigenvalue weighted by molar-refractivity contribution is 0.0956. The minimum Gasteiger partial charge on any atom is -0.378 e. The average Bonchev–Trinajstić information content (AvgIpc) is 2.70. The second-order valence-corrected chi connectivity index (χ2v) is 8.07. The van der Waals surface area contributed by atoms with Crippen molar-refractivity contribution in [2.75, 3.05) is 43.5 Å². The zero-order valence-electron chi connectivity index (χ0n) is 14.9. The molecule has 4 nitrogen and oxygen atoms in total. The highest BCUT2D eigenvalue weighted by atomic mass is 35.5. The quantitative estimate of drug-likeness (QED) is 0.664. The number of nitrogens with zero attached hydrogens (tertiary/aromatic N) is 1. The molecule has 0 aromatic heterocycles. The molecule has 3 rings (SSSR count). The van der Waals surface area contributed by atoms with Crippen molar-refractivity contribution in [2.24, 2.45) is 0 Å². The summed E-state index contributed by atoms with van der Waals surface area (Å²) >= 11 is 14.0. The highest BCUT2D eigenvalue weighted by Crippen LogP contribution is 2.28. The van der Waals surface area contributed by atoms with E-state index in [1.165, 1.54) is 0 Å². The molecule has 0 spiro atoms. The average molecular weight is 425 g/mol. The highest BCUT2D eigenvalue weighted by molar-refractivity contribution is 7.98. The first-order valence-electron chi connectivity index (χ1n) is 8.87. The third-order valence-corrected chi connectivity index (χ3v) is 6.04. The number of hydrogen-bond acceptors (Lipinski definition) is 4. The summed E-state index contributed by atoms with van der Waals surface area (Å²) in [6.07, 6.45) is 0. The van der Waals surface area contributed by atoms with Gasteiger partial charge in [0.05, 0.1) is 13.2 Å². The van der Waals surface area contributed by atoms with Crippen molar-refractivity contribution in [1.29, 1.82) is 0 Å².